The second-order valence-electron chi connectivity index (χ2n) is 4.63. The standard InChI is InChI=1S/C10H17NO/c1-10-5-4-9(11)8(10)3-2-7(10)6-12/h6-9H,2-5,11H2,1H3/t7?,8-,9?,10-/m0/s1. The molecule has 2 aliphatic rings. The smallest absolute Gasteiger partial charge is 0.123 e. The van der Waals surface area contributed by atoms with E-state index >= 15 is 0 Å². The van der Waals surface area contributed by atoms with Gasteiger partial charge in [0.15, 0.2) is 0 Å². The Morgan fingerprint density at radius 1 is 1.42 bits per heavy atom. The summed E-state index contributed by atoms with van der Waals surface area (Å²) in [5.41, 5.74) is 6.26. The predicted octanol–water partition coefficient (Wildman–Crippen LogP) is 1.34. The van der Waals surface area contributed by atoms with E-state index in [0.29, 0.717) is 12.0 Å². The van der Waals surface area contributed by atoms with Crippen molar-refractivity contribution in [3.8, 4) is 0 Å². The van der Waals surface area contributed by atoms with Crippen molar-refractivity contribution in [2.75, 3.05) is 0 Å². The summed E-state index contributed by atoms with van der Waals surface area (Å²) in [5.74, 6) is 0.906. The Morgan fingerprint density at radius 3 is 2.83 bits per heavy atom. The van der Waals surface area contributed by atoms with E-state index in [1.165, 1.54) is 6.42 Å². The largest absolute Gasteiger partial charge is 0.327 e. The van der Waals surface area contributed by atoms with Crippen LogP contribution < -0.4 is 5.73 Å². The monoisotopic (exact) mass is 167 g/mol. The van der Waals surface area contributed by atoms with Crippen LogP contribution in [0.3, 0.4) is 0 Å². The lowest BCUT2D eigenvalue weighted by molar-refractivity contribution is -0.113. The second-order valence-corrected chi connectivity index (χ2v) is 4.63. The second kappa shape index (κ2) is 2.56. The minimum atomic E-state index is 0.251. The van der Waals surface area contributed by atoms with Crippen LogP contribution in [0.1, 0.15) is 32.6 Å². The lowest BCUT2D eigenvalue weighted by Crippen LogP contribution is -2.32. The molecule has 0 bridgehead atoms. The molecule has 0 aliphatic heterocycles. The maximum Gasteiger partial charge on any atom is 0.123 e. The van der Waals surface area contributed by atoms with Crippen molar-refractivity contribution in [3.63, 3.8) is 0 Å². The highest BCUT2D eigenvalue weighted by Gasteiger charge is 2.52. The van der Waals surface area contributed by atoms with Gasteiger partial charge in [-0.15, -0.1) is 0 Å². The van der Waals surface area contributed by atoms with Gasteiger partial charge >= 0.3 is 0 Å². The number of aldehydes is 1. The minimum absolute atomic E-state index is 0.251. The highest BCUT2D eigenvalue weighted by Crippen LogP contribution is 2.55. The topological polar surface area (TPSA) is 43.1 Å². The Morgan fingerprint density at radius 2 is 2.17 bits per heavy atom. The van der Waals surface area contributed by atoms with E-state index < -0.39 is 0 Å². The summed E-state index contributed by atoms with van der Waals surface area (Å²) in [5, 5.41) is 0. The Hall–Kier alpha value is -0.370. The van der Waals surface area contributed by atoms with E-state index in [2.05, 4.69) is 6.92 Å². The van der Waals surface area contributed by atoms with Crippen molar-refractivity contribution in [1.29, 1.82) is 0 Å². The minimum Gasteiger partial charge on any atom is -0.327 e. The van der Waals surface area contributed by atoms with Crippen LogP contribution in [0.2, 0.25) is 0 Å². The third-order valence-electron chi connectivity index (χ3n) is 4.18. The predicted molar refractivity (Wildman–Crippen MR) is 47.6 cm³/mol. The van der Waals surface area contributed by atoms with Crippen LogP contribution in [-0.2, 0) is 4.79 Å². The fourth-order valence-corrected chi connectivity index (χ4v) is 3.27. The Balaban J connectivity index is 2.24. The molecule has 2 rings (SSSR count). The van der Waals surface area contributed by atoms with Gasteiger partial charge in [0.1, 0.15) is 6.29 Å². The van der Waals surface area contributed by atoms with Gasteiger partial charge in [-0.05, 0) is 37.0 Å². The van der Waals surface area contributed by atoms with Gasteiger partial charge in [0.05, 0.1) is 0 Å². The number of carbonyl (C=O) groups excluding carboxylic acids is 1. The van der Waals surface area contributed by atoms with Crippen LogP contribution in [0.15, 0.2) is 0 Å². The Kier molecular flexibility index (Phi) is 1.76. The van der Waals surface area contributed by atoms with Crippen LogP contribution in [0.25, 0.3) is 0 Å². The molecular weight excluding hydrogens is 150 g/mol. The van der Waals surface area contributed by atoms with Gasteiger partial charge in [-0.2, -0.15) is 0 Å². The zero-order chi connectivity index (χ0) is 8.77. The van der Waals surface area contributed by atoms with Crippen LogP contribution in [0, 0.1) is 17.3 Å². The zero-order valence-electron chi connectivity index (χ0n) is 7.62. The van der Waals surface area contributed by atoms with E-state index in [4.69, 9.17) is 5.73 Å². The van der Waals surface area contributed by atoms with Gasteiger partial charge < -0.3 is 10.5 Å². The molecule has 2 fully saturated rings. The highest BCUT2D eigenvalue weighted by molar-refractivity contribution is 5.56. The average molecular weight is 167 g/mol. The van der Waals surface area contributed by atoms with E-state index in [1.807, 2.05) is 0 Å². The van der Waals surface area contributed by atoms with Gasteiger partial charge in [-0.3, -0.25) is 0 Å². The van der Waals surface area contributed by atoms with Crippen LogP contribution in [0.5, 0.6) is 0 Å². The molecule has 2 nitrogen and oxygen atoms in total. The average Bonchev–Trinajstić information content (AvgIpc) is 2.50. The highest BCUT2D eigenvalue weighted by atomic mass is 16.1. The van der Waals surface area contributed by atoms with E-state index in [-0.39, 0.29) is 11.3 Å². The van der Waals surface area contributed by atoms with Crippen molar-refractivity contribution in [3.05, 3.63) is 0 Å². The lowest BCUT2D eigenvalue weighted by Gasteiger charge is -2.28. The summed E-state index contributed by atoms with van der Waals surface area (Å²) >= 11 is 0. The summed E-state index contributed by atoms with van der Waals surface area (Å²) in [6.45, 7) is 2.25. The molecule has 2 N–H and O–H groups in total. The quantitative estimate of drug-likeness (QED) is 0.599. The first-order valence-corrected chi connectivity index (χ1v) is 4.89. The molecule has 0 radical (unpaired) electrons. The molecule has 12 heavy (non-hydrogen) atoms. The van der Waals surface area contributed by atoms with Crippen molar-refractivity contribution >= 4 is 6.29 Å². The van der Waals surface area contributed by atoms with Crippen molar-refractivity contribution < 1.29 is 4.79 Å². The molecule has 0 aromatic heterocycles. The molecule has 2 aliphatic carbocycles. The summed E-state index contributed by atoms with van der Waals surface area (Å²) in [4.78, 5) is 10.8. The van der Waals surface area contributed by atoms with Gasteiger partial charge in [-0.1, -0.05) is 6.92 Å². The molecule has 4 atom stereocenters. The van der Waals surface area contributed by atoms with Gasteiger partial charge in [0.25, 0.3) is 0 Å². The molecule has 2 unspecified atom stereocenters. The Labute approximate surface area is 73.5 Å². The molecule has 2 saturated carbocycles. The fourth-order valence-electron chi connectivity index (χ4n) is 3.27. The number of rotatable bonds is 1. The third kappa shape index (κ3) is 0.875. The molecule has 0 amide bonds. The molecule has 2 heteroatoms. The first-order chi connectivity index (χ1) is 5.68. The Bertz CT molecular complexity index is 204. The molecule has 0 heterocycles. The molecule has 0 aromatic carbocycles. The number of hydrogen-bond donors (Lipinski definition) is 1. The maximum atomic E-state index is 10.8. The molecule has 0 aromatic rings. The van der Waals surface area contributed by atoms with Crippen molar-refractivity contribution in [1.82, 2.24) is 0 Å². The van der Waals surface area contributed by atoms with Crippen LogP contribution in [0.4, 0.5) is 0 Å². The summed E-state index contributed by atoms with van der Waals surface area (Å²) in [6.07, 6.45) is 5.66. The first kappa shape index (κ1) is 8.24. The SMILES string of the molecule is C[C@@]12CCC(N)[C@@H]1CCC2C=O. The van der Waals surface area contributed by atoms with Crippen molar-refractivity contribution in [2.45, 2.75) is 38.6 Å². The van der Waals surface area contributed by atoms with Crippen molar-refractivity contribution in [2.24, 2.45) is 23.0 Å². The van der Waals surface area contributed by atoms with Crippen LogP contribution in [-0.4, -0.2) is 12.3 Å². The maximum absolute atomic E-state index is 10.8. The lowest BCUT2D eigenvalue weighted by atomic mass is 9.76. The summed E-state index contributed by atoms with van der Waals surface area (Å²) in [7, 11) is 0. The fraction of sp³-hybridized carbons (Fsp3) is 0.900. The molecule has 0 spiro atoms. The number of fused-ring (bicyclic) bond motifs is 1. The molecule has 0 saturated heterocycles. The van der Waals surface area contributed by atoms with E-state index in [0.717, 1.165) is 25.5 Å². The van der Waals surface area contributed by atoms with Gasteiger partial charge in [0, 0.05) is 12.0 Å². The normalized spacial score (nSPS) is 52.3. The summed E-state index contributed by atoms with van der Waals surface area (Å²) < 4.78 is 0. The first-order valence-electron chi connectivity index (χ1n) is 4.89. The van der Waals surface area contributed by atoms with Gasteiger partial charge in [-0.25, -0.2) is 0 Å². The number of nitrogens with two attached hydrogens (primary N) is 1. The van der Waals surface area contributed by atoms with Gasteiger partial charge in [0.2, 0.25) is 0 Å². The van der Waals surface area contributed by atoms with Crippen LogP contribution >= 0.6 is 0 Å². The number of carbonyl (C=O) groups is 1. The van der Waals surface area contributed by atoms with E-state index in [9.17, 15) is 4.79 Å². The summed E-state index contributed by atoms with van der Waals surface area (Å²) in [6, 6.07) is 0.361. The zero-order valence-corrected chi connectivity index (χ0v) is 7.62. The molecule has 68 valence electrons. The number of hydrogen-bond acceptors (Lipinski definition) is 2. The third-order valence-corrected chi connectivity index (χ3v) is 4.18. The molecular formula is C10H17NO. The van der Waals surface area contributed by atoms with E-state index in [1.54, 1.807) is 0 Å².